The third-order valence-electron chi connectivity index (χ3n) is 14.5. The van der Waals surface area contributed by atoms with Crippen LogP contribution in [0.15, 0.2) is 35.5 Å². The highest BCUT2D eigenvalue weighted by Crippen LogP contribution is 2.66. The largest absolute Gasteiger partial charge is 0.458 e. The number of hydrogen-bond acceptors (Lipinski definition) is 2. The predicted molar refractivity (Wildman–Crippen MR) is 210 cm³/mol. The van der Waals surface area contributed by atoms with Crippen molar-refractivity contribution in [3.05, 3.63) is 35.5 Å². The Morgan fingerprint density at radius 2 is 1.45 bits per heavy atom. The molecule has 0 radical (unpaired) electrons. The molecule has 280 valence electrons. The lowest BCUT2D eigenvalue weighted by Gasteiger charge is -2.55. The minimum atomic E-state index is 0.00145. The molecular formula is C46H80NO2+. The molecule has 0 aromatic heterocycles. The van der Waals surface area contributed by atoms with Gasteiger partial charge in [-0.15, -0.1) is 0 Å². The van der Waals surface area contributed by atoms with Crippen LogP contribution in [0.3, 0.4) is 0 Å². The second-order valence-electron chi connectivity index (χ2n) is 19.0. The second-order valence-corrected chi connectivity index (χ2v) is 19.0. The maximum absolute atomic E-state index is 13.2. The number of nitrogens with zero attached hydrogens (tertiary/aromatic N) is 1. The Morgan fingerprint density at radius 1 is 0.816 bits per heavy atom. The Morgan fingerprint density at radius 3 is 2.08 bits per heavy atom. The van der Waals surface area contributed by atoms with Gasteiger partial charge in [-0.05, 0) is 97.7 Å². The van der Waals surface area contributed by atoms with Gasteiger partial charge in [0.05, 0.1) is 20.6 Å². The molecule has 0 aromatic rings. The van der Waals surface area contributed by atoms with E-state index in [1.54, 1.807) is 11.1 Å². The number of unbranched alkanes of at least 4 members (excludes halogenated alkanes) is 11. The van der Waals surface area contributed by atoms with Crippen LogP contribution in [0.2, 0.25) is 0 Å². The first-order valence-corrected chi connectivity index (χ1v) is 21.4. The summed E-state index contributed by atoms with van der Waals surface area (Å²) < 4.78 is 6.97. The van der Waals surface area contributed by atoms with Gasteiger partial charge in [-0.25, -0.2) is 4.79 Å². The topological polar surface area (TPSA) is 26.3 Å². The molecule has 0 spiro atoms. The number of fused-ring (bicyclic) bond motifs is 5. The van der Waals surface area contributed by atoms with Crippen LogP contribution < -0.4 is 0 Å². The van der Waals surface area contributed by atoms with Crippen LogP contribution in [0, 0.1) is 46.3 Å². The first-order chi connectivity index (χ1) is 23.3. The van der Waals surface area contributed by atoms with Crippen LogP contribution in [-0.2, 0) is 9.53 Å². The molecule has 0 heterocycles. The lowest BCUT2D eigenvalue weighted by Crippen LogP contribution is -2.48. The Labute approximate surface area is 304 Å². The monoisotopic (exact) mass is 679 g/mol. The van der Waals surface area contributed by atoms with E-state index in [-0.39, 0.29) is 17.5 Å². The molecular weight excluding hydrogens is 599 g/mol. The predicted octanol–water partition coefficient (Wildman–Crippen LogP) is 12.7. The molecule has 4 aliphatic carbocycles. The van der Waals surface area contributed by atoms with E-state index >= 15 is 0 Å². The normalized spacial score (nSPS) is 31.1. The fourth-order valence-electron chi connectivity index (χ4n) is 10.7. The van der Waals surface area contributed by atoms with Crippen molar-refractivity contribution in [1.29, 1.82) is 0 Å². The highest BCUT2D eigenvalue weighted by Gasteiger charge is 2.57. The molecule has 0 saturated heterocycles. The molecule has 8 atom stereocenters. The van der Waals surface area contributed by atoms with Gasteiger partial charge in [0.2, 0.25) is 0 Å². The van der Waals surface area contributed by atoms with Crippen LogP contribution in [0.25, 0.3) is 0 Å². The summed E-state index contributed by atoms with van der Waals surface area (Å²) in [5, 5.41) is 0. The molecule has 3 nitrogen and oxygen atoms in total. The molecule has 3 saturated carbocycles. The molecule has 0 aliphatic heterocycles. The van der Waals surface area contributed by atoms with Gasteiger partial charge in [-0.1, -0.05) is 148 Å². The Kier molecular flexibility index (Phi) is 15.2. The van der Waals surface area contributed by atoms with Crippen LogP contribution in [0.4, 0.5) is 0 Å². The number of allylic oxidation sites excluding steroid dienone is 5. The SMILES string of the molecule is CCCCCCCCCCCCCC[N+](C)(C)CC(=O)O[C@H]1CC[C@@]2(C)C(=CC=C3[C@@H]4CC[C@H]([C@H](C)/C=C/[C@H](C)C(C)C)[C@@]4(C)CC[C@@H]32)C1. The number of quaternary nitrogens is 1. The molecule has 0 amide bonds. The van der Waals surface area contributed by atoms with Gasteiger partial charge in [-0.2, -0.15) is 0 Å². The molecule has 0 bridgehead atoms. The zero-order valence-corrected chi connectivity index (χ0v) is 34.0. The van der Waals surface area contributed by atoms with E-state index in [1.165, 1.54) is 103 Å². The quantitative estimate of drug-likeness (QED) is 0.0554. The summed E-state index contributed by atoms with van der Waals surface area (Å²) in [7, 11) is 4.42. The first-order valence-electron chi connectivity index (χ1n) is 21.4. The number of hydrogen-bond donors (Lipinski definition) is 0. The van der Waals surface area contributed by atoms with Gasteiger partial charge in [0.25, 0.3) is 0 Å². The number of ether oxygens (including phenoxy) is 1. The summed E-state index contributed by atoms with van der Waals surface area (Å²) in [6, 6.07) is 0. The van der Waals surface area contributed by atoms with E-state index in [4.69, 9.17) is 4.74 Å². The van der Waals surface area contributed by atoms with Crippen molar-refractivity contribution in [2.75, 3.05) is 27.2 Å². The van der Waals surface area contributed by atoms with E-state index in [0.29, 0.717) is 35.6 Å². The minimum absolute atomic E-state index is 0.00145. The van der Waals surface area contributed by atoms with E-state index in [0.717, 1.165) is 42.1 Å². The van der Waals surface area contributed by atoms with Gasteiger partial charge in [-0.3, -0.25) is 0 Å². The average Bonchev–Trinajstić information content (AvgIpc) is 3.41. The molecule has 4 rings (SSSR count). The van der Waals surface area contributed by atoms with Crippen LogP contribution >= 0.6 is 0 Å². The fourth-order valence-corrected chi connectivity index (χ4v) is 10.7. The standard InChI is InChI=1S/C46H80NO2/c1-10-11-12-13-14-15-16-17-18-19-20-21-32-47(8,9)34-44(48)49-39-28-30-45(6)38(33-39)24-25-40-42-27-26-41(46(42,7)31-29-43(40)45)37(5)23-22-36(4)35(2)3/h22-25,35-37,39,41-43H,10-21,26-34H2,1-9H3/q+1/b23-22+/t36-,37+,39-,41+,42-,43-,45-,46+/m0/s1. The fraction of sp³-hybridized carbons (Fsp3) is 0.848. The zero-order chi connectivity index (χ0) is 35.7. The molecule has 0 unspecified atom stereocenters. The summed E-state index contributed by atoms with van der Waals surface area (Å²) in [5.41, 5.74) is 3.96. The summed E-state index contributed by atoms with van der Waals surface area (Å²) in [5.74, 6) is 4.18. The van der Waals surface area contributed by atoms with Crippen molar-refractivity contribution in [2.24, 2.45) is 46.3 Å². The lowest BCUT2D eigenvalue weighted by molar-refractivity contribution is -0.883. The van der Waals surface area contributed by atoms with E-state index in [9.17, 15) is 4.79 Å². The molecule has 4 aliphatic rings. The van der Waals surface area contributed by atoms with Gasteiger partial charge in [0.15, 0.2) is 6.54 Å². The van der Waals surface area contributed by atoms with Crippen LogP contribution in [0.5, 0.6) is 0 Å². The highest BCUT2D eigenvalue weighted by atomic mass is 16.5. The second kappa shape index (κ2) is 18.4. The Balaban J connectivity index is 1.21. The highest BCUT2D eigenvalue weighted by molar-refractivity contribution is 5.70. The number of esters is 1. The molecule has 0 N–H and O–H groups in total. The Hall–Kier alpha value is -1.35. The minimum Gasteiger partial charge on any atom is -0.458 e. The number of rotatable bonds is 20. The number of carbonyl (C=O) groups excluding carboxylic acids is 1. The average molecular weight is 679 g/mol. The lowest BCUT2D eigenvalue weighted by atomic mass is 9.50. The van der Waals surface area contributed by atoms with Crippen molar-refractivity contribution < 1.29 is 14.0 Å². The molecule has 3 fully saturated rings. The van der Waals surface area contributed by atoms with Crippen molar-refractivity contribution in [3.63, 3.8) is 0 Å². The van der Waals surface area contributed by atoms with Crippen molar-refractivity contribution >= 4 is 5.97 Å². The van der Waals surface area contributed by atoms with E-state index in [1.807, 2.05) is 0 Å². The van der Waals surface area contributed by atoms with E-state index in [2.05, 4.69) is 86.9 Å². The van der Waals surface area contributed by atoms with Crippen molar-refractivity contribution in [3.8, 4) is 0 Å². The van der Waals surface area contributed by atoms with Crippen LogP contribution in [-0.4, -0.2) is 43.7 Å². The Bertz CT molecular complexity index is 1130. The van der Waals surface area contributed by atoms with Crippen LogP contribution in [0.1, 0.15) is 170 Å². The van der Waals surface area contributed by atoms with E-state index < -0.39 is 0 Å². The third kappa shape index (κ3) is 10.6. The summed E-state index contributed by atoms with van der Waals surface area (Å²) >= 11 is 0. The van der Waals surface area contributed by atoms with Gasteiger partial charge in [0, 0.05) is 6.42 Å². The maximum Gasteiger partial charge on any atom is 0.362 e. The van der Waals surface area contributed by atoms with Gasteiger partial charge >= 0.3 is 5.97 Å². The first kappa shape index (κ1) is 40.4. The number of carbonyl (C=O) groups is 1. The summed E-state index contributed by atoms with van der Waals surface area (Å²) in [4.78, 5) is 13.2. The van der Waals surface area contributed by atoms with Gasteiger partial charge in [0.1, 0.15) is 6.10 Å². The maximum atomic E-state index is 13.2. The van der Waals surface area contributed by atoms with Crippen molar-refractivity contribution in [1.82, 2.24) is 0 Å². The van der Waals surface area contributed by atoms with Crippen molar-refractivity contribution in [2.45, 2.75) is 177 Å². The summed E-state index contributed by atoms with van der Waals surface area (Å²) in [6.07, 6.45) is 35.0. The summed E-state index contributed by atoms with van der Waals surface area (Å²) in [6.45, 7) is 18.6. The molecule has 0 aromatic carbocycles. The smallest absolute Gasteiger partial charge is 0.362 e. The molecule has 3 heteroatoms. The van der Waals surface area contributed by atoms with Gasteiger partial charge < -0.3 is 9.22 Å². The third-order valence-corrected chi connectivity index (χ3v) is 14.5. The number of likely N-dealkylation sites (N-methyl/N-ethyl adjacent to an activating group) is 1. The molecule has 49 heavy (non-hydrogen) atoms. The zero-order valence-electron chi connectivity index (χ0n) is 34.0.